The molecule has 19 heavy (non-hydrogen) atoms. The van der Waals surface area contributed by atoms with E-state index >= 15 is 0 Å². The standard InChI is InChI=1S/C13H22ClN3O2/c1-6-19-12(18)13(5,15-9(2)3)8-17-7-11(14)10(4)16-17/h7,9,15H,6,8H2,1-5H3. The molecule has 0 spiro atoms. The van der Waals surface area contributed by atoms with Crippen LogP contribution in [0.3, 0.4) is 0 Å². The molecule has 0 aliphatic heterocycles. The van der Waals surface area contributed by atoms with Crippen molar-refractivity contribution in [3.8, 4) is 0 Å². The van der Waals surface area contributed by atoms with E-state index in [1.54, 1.807) is 17.8 Å². The van der Waals surface area contributed by atoms with Gasteiger partial charge in [-0.25, -0.2) is 4.79 Å². The maximum Gasteiger partial charge on any atom is 0.327 e. The van der Waals surface area contributed by atoms with Crippen LogP contribution >= 0.6 is 11.6 Å². The molecule has 0 saturated heterocycles. The summed E-state index contributed by atoms with van der Waals surface area (Å²) in [6.45, 7) is 10.1. The van der Waals surface area contributed by atoms with E-state index in [9.17, 15) is 4.79 Å². The molecule has 5 nitrogen and oxygen atoms in total. The number of carbonyl (C=O) groups is 1. The Morgan fingerprint density at radius 3 is 2.68 bits per heavy atom. The van der Waals surface area contributed by atoms with Crippen LogP contribution in [0.15, 0.2) is 6.20 Å². The fourth-order valence-corrected chi connectivity index (χ4v) is 2.15. The summed E-state index contributed by atoms with van der Waals surface area (Å²) in [4.78, 5) is 12.1. The van der Waals surface area contributed by atoms with E-state index in [1.165, 1.54) is 0 Å². The molecule has 0 amide bonds. The average molecular weight is 288 g/mol. The number of carbonyl (C=O) groups excluding carboxylic acids is 1. The van der Waals surface area contributed by atoms with Gasteiger partial charge in [-0.3, -0.25) is 10.00 Å². The summed E-state index contributed by atoms with van der Waals surface area (Å²) in [7, 11) is 0. The highest BCUT2D eigenvalue weighted by Gasteiger charge is 2.36. The molecule has 0 aromatic carbocycles. The molecular weight excluding hydrogens is 266 g/mol. The molecule has 0 radical (unpaired) electrons. The van der Waals surface area contributed by atoms with Gasteiger partial charge >= 0.3 is 5.97 Å². The fourth-order valence-electron chi connectivity index (χ4n) is 2.00. The van der Waals surface area contributed by atoms with Gasteiger partial charge < -0.3 is 4.74 Å². The van der Waals surface area contributed by atoms with E-state index in [0.717, 1.165) is 5.69 Å². The number of nitrogens with zero attached hydrogens (tertiary/aromatic N) is 2. The molecule has 1 atom stereocenters. The molecule has 108 valence electrons. The lowest BCUT2D eigenvalue weighted by Gasteiger charge is -2.30. The summed E-state index contributed by atoms with van der Waals surface area (Å²) < 4.78 is 6.81. The first-order valence-electron chi connectivity index (χ1n) is 6.43. The molecular formula is C13H22ClN3O2. The van der Waals surface area contributed by atoms with E-state index in [4.69, 9.17) is 16.3 Å². The number of nitrogens with one attached hydrogen (secondary N) is 1. The van der Waals surface area contributed by atoms with Crippen LogP contribution in [-0.2, 0) is 16.1 Å². The van der Waals surface area contributed by atoms with Crippen LogP contribution in [0.2, 0.25) is 5.02 Å². The molecule has 1 unspecified atom stereocenters. The lowest BCUT2D eigenvalue weighted by molar-refractivity contribution is -0.151. The Labute approximate surface area is 119 Å². The number of esters is 1. The van der Waals surface area contributed by atoms with E-state index < -0.39 is 5.54 Å². The van der Waals surface area contributed by atoms with Crippen LogP contribution in [0.1, 0.15) is 33.4 Å². The monoisotopic (exact) mass is 287 g/mol. The van der Waals surface area contributed by atoms with Crippen LogP contribution in [-0.4, -0.2) is 33.9 Å². The molecule has 0 saturated carbocycles. The van der Waals surface area contributed by atoms with Crippen molar-refractivity contribution >= 4 is 17.6 Å². The second-order valence-corrected chi connectivity index (χ2v) is 5.52. The van der Waals surface area contributed by atoms with Crippen LogP contribution in [0, 0.1) is 6.92 Å². The zero-order valence-electron chi connectivity index (χ0n) is 12.2. The number of ether oxygens (including phenoxy) is 1. The highest BCUT2D eigenvalue weighted by atomic mass is 35.5. The minimum absolute atomic E-state index is 0.154. The normalized spacial score (nSPS) is 14.5. The molecule has 1 rings (SSSR count). The van der Waals surface area contributed by atoms with Gasteiger partial charge in [-0.05, 0) is 34.6 Å². The maximum atomic E-state index is 12.1. The zero-order chi connectivity index (χ0) is 14.6. The third-order valence-corrected chi connectivity index (χ3v) is 3.07. The summed E-state index contributed by atoms with van der Waals surface area (Å²) in [5.74, 6) is -0.284. The first-order valence-corrected chi connectivity index (χ1v) is 6.80. The summed E-state index contributed by atoms with van der Waals surface area (Å²) in [6, 6.07) is 0.154. The summed E-state index contributed by atoms with van der Waals surface area (Å²) >= 11 is 5.98. The van der Waals surface area contributed by atoms with Crippen LogP contribution < -0.4 is 5.32 Å². The maximum absolute atomic E-state index is 12.1. The minimum Gasteiger partial charge on any atom is -0.465 e. The second-order valence-electron chi connectivity index (χ2n) is 5.11. The molecule has 1 aromatic heterocycles. The van der Waals surface area contributed by atoms with Gasteiger partial charge in [-0.15, -0.1) is 0 Å². The van der Waals surface area contributed by atoms with E-state index in [1.807, 2.05) is 27.7 Å². The SMILES string of the molecule is CCOC(=O)C(C)(Cn1cc(Cl)c(C)n1)NC(C)C. The van der Waals surface area contributed by atoms with E-state index in [-0.39, 0.29) is 12.0 Å². The molecule has 1 aromatic rings. The predicted octanol–water partition coefficient (Wildman–Crippen LogP) is 2.16. The minimum atomic E-state index is -0.827. The molecule has 0 fully saturated rings. The smallest absolute Gasteiger partial charge is 0.327 e. The van der Waals surface area contributed by atoms with Crippen LogP contribution in [0.4, 0.5) is 0 Å². The van der Waals surface area contributed by atoms with Crippen molar-refractivity contribution in [2.45, 2.75) is 52.7 Å². The van der Waals surface area contributed by atoms with Gasteiger partial charge in [-0.1, -0.05) is 11.6 Å². The van der Waals surface area contributed by atoms with Gasteiger partial charge in [0, 0.05) is 12.2 Å². The Kier molecular flexibility index (Phi) is 5.38. The molecule has 6 heteroatoms. The number of hydrogen-bond acceptors (Lipinski definition) is 4. The fraction of sp³-hybridized carbons (Fsp3) is 0.692. The van der Waals surface area contributed by atoms with Gasteiger partial charge in [0.2, 0.25) is 0 Å². The predicted molar refractivity (Wildman–Crippen MR) is 75.3 cm³/mol. The Hall–Kier alpha value is -1.07. The van der Waals surface area contributed by atoms with Gasteiger partial charge in [-0.2, -0.15) is 5.10 Å². The quantitative estimate of drug-likeness (QED) is 0.815. The Morgan fingerprint density at radius 2 is 2.26 bits per heavy atom. The molecule has 1 N–H and O–H groups in total. The van der Waals surface area contributed by atoms with Crippen molar-refractivity contribution < 1.29 is 9.53 Å². The molecule has 0 aliphatic rings. The number of halogens is 1. The summed E-state index contributed by atoms with van der Waals surface area (Å²) in [6.07, 6.45) is 1.72. The Balaban J connectivity index is 2.93. The number of aromatic nitrogens is 2. The van der Waals surface area contributed by atoms with Crippen molar-refractivity contribution in [1.82, 2.24) is 15.1 Å². The van der Waals surface area contributed by atoms with Crippen molar-refractivity contribution in [3.63, 3.8) is 0 Å². The molecule has 0 bridgehead atoms. The van der Waals surface area contributed by atoms with Crippen LogP contribution in [0.5, 0.6) is 0 Å². The van der Waals surface area contributed by atoms with Gasteiger partial charge in [0.15, 0.2) is 0 Å². The van der Waals surface area contributed by atoms with E-state index in [0.29, 0.717) is 18.2 Å². The zero-order valence-corrected chi connectivity index (χ0v) is 12.9. The van der Waals surface area contributed by atoms with Crippen molar-refractivity contribution in [3.05, 3.63) is 16.9 Å². The summed E-state index contributed by atoms with van der Waals surface area (Å²) in [5, 5.41) is 8.11. The Bertz CT molecular complexity index is 426. The Morgan fingerprint density at radius 1 is 1.63 bits per heavy atom. The van der Waals surface area contributed by atoms with Crippen molar-refractivity contribution in [1.29, 1.82) is 0 Å². The van der Waals surface area contributed by atoms with Gasteiger partial charge in [0.05, 0.1) is 23.9 Å². The second kappa shape index (κ2) is 6.39. The van der Waals surface area contributed by atoms with Gasteiger partial charge in [0.25, 0.3) is 0 Å². The number of aryl methyl sites for hydroxylation is 1. The third kappa shape index (κ3) is 4.21. The lowest BCUT2D eigenvalue weighted by Crippen LogP contribution is -2.56. The van der Waals surface area contributed by atoms with Crippen molar-refractivity contribution in [2.75, 3.05) is 6.61 Å². The van der Waals surface area contributed by atoms with Gasteiger partial charge in [0.1, 0.15) is 5.54 Å². The highest BCUT2D eigenvalue weighted by Crippen LogP contribution is 2.16. The summed E-state index contributed by atoms with van der Waals surface area (Å²) in [5.41, 5.74) is -0.0798. The molecule has 0 aliphatic carbocycles. The largest absolute Gasteiger partial charge is 0.465 e. The number of hydrogen-bond donors (Lipinski definition) is 1. The number of rotatable bonds is 6. The molecule has 1 heterocycles. The van der Waals surface area contributed by atoms with Crippen LogP contribution in [0.25, 0.3) is 0 Å². The first-order chi connectivity index (χ1) is 8.78. The topological polar surface area (TPSA) is 56.2 Å². The van der Waals surface area contributed by atoms with Crippen molar-refractivity contribution in [2.24, 2.45) is 0 Å². The van der Waals surface area contributed by atoms with E-state index in [2.05, 4.69) is 10.4 Å². The third-order valence-electron chi connectivity index (χ3n) is 2.70. The average Bonchev–Trinajstić information content (AvgIpc) is 2.56. The highest BCUT2D eigenvalue weighted by molar-refractivity contribution is 6.31. The first kappa shape index (κ1) is 16.0. The lowest BCUT2D eigenvalue weighted by atomic mass is 10.0.